The van der Waals surface area contributed by atoms with E-state index in [2.05, 4.69) is 17.4 Å². The van der Waals surface area contributed by atoms with Gasteiger partial charge in [0, 0.05) is 23.4 Å². The van der Waals surface area contributed by atoms with E-state index in [1.807, 2.05) is 38.1 Å². The second kappa shape index (κ2) is 4.54. The number of carbonyl (C=O) groups excluding carboxylic acids is 1. The third kappa shape index (κ3) is 2.14. The van der Waals surface area contributed by atoms with Crippen molar-refractivity contribution in [3.05, 3.63) is 64.2 Å². The fraction of sp³-hybridized carbons (Fsp3) is 0.235. The van der Waals surface area contributed by atoms with Gasteiger partial charge in [0.05, 0.1) is 0 Å². The maximum atomic E-state index is 12.6. The Balaban J connectivity index is 2.00. The summed E-state index contributed by atoms with van der Waals surface area (Å²) in [4.78, 5) is 12.6. The van der Waals surface area contributed by atoms with E-state index in [0.717, 1.165) is 35.3 Å². The molecule has 2 nitrogen and oxygen atoms in total. The summed E-state index contributed by atoms with van der Waals surface area (Å²) in [7, 11) is 0. The lowest BCUT2D eigenvalue weighted by Crippen LogP contribution is -2.04. The first-order chi connectivity index (χ1) is 9.15. The van der Waals surface area contributed by atoms with Crippen LogP contribution in [-0.4, -0.2) is 12.3 Å². The van der Waals surface area contributed by atoms with Gasteiger partial charge in [0.25, 0.3) is 0 Å². The maximum absolute atomic E-state index is 12.6. The van der Waals surface area contributed by atoms with Gasteiger partial charge in [0.1, 0.15) is 0 Å². The van der Waals surface area contributed by atoms with Gasteiger partial charge in [0.2, 0.25) is 0 Å². The zero-order valence-electron chi connectivity index (χ0n) is 11.3. The second-order valence-corrected chi connectivity index (χ2v) is 5.20. The van der Waals surface area contributed by atoms with E-state index in [0.29, 0.717) is 0 Å². The highest BCUT2D eigenvalue weighted by Crippen LogP contribution is 2.25. The molecule has 0 saturated heterocycles. The SMILES string of the molecule is Cc1ccc(C(=O)c2ccc3c(c2)NCC3)c(C)c1. The predicted molar refractivity (Wildman–Crippen MR) is 78.0 cm³/mol. The van der Waals surface area contributed by atoms with Crippen LogP contribution in [0.15, 0.2) is 36.4 Å². The van der Waals surface area contributed by atoms with E-state index in [1.165, 1.54) is 11.1 Å². The first-order valence-electron chi connectivity index (χ1n) is 6.64. The van der Waals surface area contributed by atoms with Gasteiger partial charge >= 0.3 is 0 Å². The van der Waals surface area contributed by atoms with E-state index >= 15 is 0 Å². The number of nitrogens with one attached hydrogen (secondary N) is 1. The van der Waals surface area contributed by atoms with Crippen molar-refractivity contribution in [2.75, 3.05) is 11.9 Å². The molecule has 0 fully saturated rings. The predicted octanol–water partition coefficient (Wildman–Crippen LogP) is 3.50. The Labute approximate surface area is 113 Å². The fourth-order valence-corrected chi connectivity index (χ4v) is 2.66. The standard InChI is InChI=1S/C17H17NO/c1-11-3-6-15(12(2)9-11)17(19)14-5-4-13-7-8-18-16(13)10-14/h3-6,9-10,18H,7-8H2,1-2H3. The number of rotatable bonds is 2. The average Bonchev–Trinajstić information content (AvgIpc) is 2.85. The number of carbonyl (C=O) groups is 1. The van der Waals surface area contributed by atoms with Crippen LogP contribution in [0.3, 0.4) is 0 Å². The fourth-order valence-electron chi connectivity index (χ4n) is 2.66. The normalized spacial score (nSPS) is 12.9. The molecule has 0 atom stereocenters. The molecular formula is C17H17NO. The molecule has 3 rings (SSSR count). The topological polar surface area (TPSA) is 29.1 Å². The van der Waals surface area contributed by atoms with E-state index in [1.54, 1.807) is 0 Å². The highest BCUT2D eigenvalue weighted by atomic mass is 16.1. The quantitative estimate of drug-likeness (QED) is 0.828. The zero-order valence-corrected chi connectivity index (χ0v) is 11.3. The largest absolute Gasteiger partial charge is 0.384 e. The van der Waals surface area contributed by atoms with E-state index < -0.39 is 0 Å². The van der Waals surface area contributed by atoms with Crippen molar-refractivity contribution >= 4 is 11.5 Å². The summed E-state index contributed by atoms with van der Waals surface area (Å²) in [5.41, 5.74) is 6.19. The lowest BCUT2D eigenvalue weighted by molar-refractivity contribution is 0.103. The molecule has 0 aromatic heterocycles. The van der Waals surface area contributed by atoms with Crippen molar-refractivity contribution in [2.24, 2.45) is 0 Å². The molecule has 0 unspecified atom stereocenters. The number of benzene rings is 2. The zero-order chi connectivity index (χ0) is 13.4. The molecule has 96 valence electrons. The van der Waals surface area contributed by atoms with E-state index in [-0.39, 0.29) is 5.78 Å². The molecule has 2 heteroatoms. The summed E-state index contributed by atoms with van der Waals surface area (Å²) < 4.78 is 0. The number of fused-ring (bicyclic) bond motifs is 1. The number of hydrogen-bond donors (Lipinski definition) is 1. The summed E-state index contributed by atoms with van der Waals surface area (Å²) in [5.74, 6) is 0.106. The van der Waals surface area contributed by atoms with Crippen molar-refractivity contribution < 1.29 is 4.79 Å². The average molecular weight is 251 g/mol. The van der Waals surface area contributed by atoms with Gasteiger partial charge in [-0.15, -0.1) is 0 Å². The van der Waals surface area contributed by atoms with Gasteiger partial charge < -0.3 is 5.32 Å². The van der Waals surface area contributed by atoms with Gasteiger partial charge in [-0.1, -0.05) is 35.9 Å². The van der Waals surface area contributed by atoms with Crippen molar-refractivity contribution in [3.8, 4) is 0 Å². The first kappa shape index (κ1) is 12.0. The summed E-state index contributed by atoms with van der Waals surface area (Å²) in [5, 5.41) is 3.32. The van der Waals surface area contributed by atoms with Crippen molar-refractivity contribution in [3.63, 3.8) is 0 Å². The van der Waals surface area contributed by atoms with Crippen LogP contribution in [0.2, 0.25) is 0 Å². The smallest absolute Gasteiger partial charge is 0.193 e. The van der Waals surface area contributed by atoms with Gasteiger partial charge in [-0.25, -0.2) is 0 Å². The van der Waals surface area contributed by atoms with E-state index in [4.69, 9.17) is 0 Å². The monoisotopic (exact) mass is 251 g/mol. The Bertz CT molecular complexity index is 658. The molecule has 1 heterocycles. The molecule has 0 radical (unpaired) electrons. The minimum atomic E-state index is 0.106. The molecule has 0 spiro atoms. The molecular weight excluding hydrogens is 234 g/mol. The molecule has 0 saturated carbocycles. The highest BCUT2D eigenvalue weighted by molar-refractivity contribution is 6.10. The molecule has 1 aliphatic heterocycles. The minimum absolute atomic E-state index is 0.106. The molecule has 2 aromatic rings. The number of aryl methyl sites for hydroxylation is 2. The Morgan fingerprint density at radius 3 is 2.74 bits per heavy atom. The van der Waals surface area contributed by atoms with Crippen LogP contribution in [0, 0.1) is 13.8 Å². The van der Waals surface area contributed by atoms with Crippen LogP contribution in [0.1, 0.15) is 32.6 Å². The van der Waals surface area contributed by atoms with Gasteiger partial charge in [-0.2, -0.15) is 0 Å². The molecule has 19 heavy (non-hydrogen) atoms. The molecule has 2 aromatic carbocycles. The van der Waals surface area contributed by atoms with Gasteiger partial charge in [0.15, 0.2) is 5.78 Å². The maximum Gasteiger partial charge on any atom is 0.193 e. The van der Waals surface area contributed by atoms with Crippen molar-refractivity contribution in [1.29, 1.82) is 0 Å². The number of ketones is 1. The number of hydrogen-bond acceptors (Lipinski definition) is 2. The minimum Gasteiger partial charge on any atom is -0.384 e. The van der Waals surface area contributed by atoms with Crippen LogP contribution in [0.25, 0.3) is 0 Å². The summed E-state index contributed by atoms with van der Waals surface area (Å²) in [6.07, 6.45) is 1.05. The van der Waals surface area contributed by atoms with Crippen LogP contribution >= 0.6 is 0 Å². The Morgan fingerprint density at radius 2 is 1.95 bits per heavy atom. The third-order valence-electron chi connectivity index (χ3n) is 3.71. The highest BCUT2D eigenvalue weighted by Gasteiger charge is 2.15. The second-order valence-electron chi connectivity index (χ2n) is 5.20. The number of anilines is 1. The van der Waals surface area contributed by atoms with Crippen LogP contribution < -0.4 is 5.32 Å². The molecule has 0 aliphatic carbocycles. The van der Waals surface area contributed by atoms with Crippen LogP contribution in [0.4, 0.5) is 5.69 Å². The Kier molecular flexibility index (Phi) is 2.86. The molecule has 1 aliphatic rings. The van der Waals surface area contributed by atoms with Crippen LogP contribution in [-0.2, 0) is 6.42 Å². The Morgan fingerprint density at radius 1 is 1.11 bits per heavy atom. The third-order valence-corrected chi connectivity index (χ3v) is 3.71. The van der Waals surface area contributed by atoms with Gasteiger partial charge in [-0.05, 0) is 37.5 Å². The Hall–Kier alpha value is -2.09. The molecule has 0 amide bonds. The summed E-state index contributed by atoms with van der Waals surface area (Å²) in [6.45, 7) is 5.00. The first-order valence-corrected chi connectivity index (χ1v) is 6.64. The lowest BCUT2D eigenvalue weighted by Gasteiger charge is -2.08. The van der Waals surface area contributed by atoms with Crippen molar-refractivity contribution in [2.45, 2.75) is 20.3 Å². The summed E-state index contributed by atoms with van der Waals surface area (Å²) >= 11 is 0. The van der Waals surface area contributed by atoms with Crippen LogP contribution in [0.5, 0.6) is 0 Å². The van der Waals surface area contributed by atoms with Crippen molar-refractivity contribution in [1.82, 2.24) is 0 Å². The molecule has 1 N–H and O–H groups in total. The molecule has 0 bridgehead atoms. The van der Waals surface area contributed by atoms with Gasteiger partial charge in [-0.3, -0.25) is 4.79 Å². The lowest BCUT2D eigenvalue weighted by atomic mass is 9.96. The van der Waals surface area contributed by atoms with E-state index in [9.17, 15) is 4.79 Å². The summed E-state index contributed by atoms with van der Waals surface area (Å²) in [6, 6.07) is 11.9.